The van der Waals surface area contributed by atoms with Crippen LogP contribution in [0.5, 0.6) is 0 Å². The van der Waals surface area contributed by atoms with Crippen molar-refractivity contribution in [1.29, 1.82) is 0 Å². The van der Waals surface area contributed by atoms with Gasteiger partial charge in [0.15, 0.2) is 7.28 Å². The summed E-state index contributed by atoms with van der Waals surface area (Å²) in [7, 11) is 0.904. The van der Waals surface area contributed by atoms with Crippen molar-refractivity contribution in [2.24, 2.45) is 0 Å². The largest absolute Gasteiger partial charge is 0.355 e. The Balaban J connectivity index is 1.30. The molecule has 3 aliphatic heterocycles. The molecule has 1 aromatic heterocycles. The van der Waals surface area contributed by atoms with Gasteiger partial charge in [0.1, 0.15) is 0 Å². The van der Waals surface area contributed by atoms with Gasteiger partial charge in [-0.15, -0.1) is 0 Å². The Hall–Kier alpha value is -5.22. The van der Waals surface area contributed by atoms with E-state index in [4.69, 9.17) is 0 Å². The van der Waals surface area contributed by atoms with Crippen molar-refractivity contribution in [3.63, 3.8) is 0 Å². The lowest BCUT2D eigenvalue weighted by Crippen LogP contribution is -2.54. The number of hydrogen-bond donors (Lipinski definition) is 1. The fourth-order valence-corrected chi connectivity index (χ4v) is 11.2. The molecular formula is C48H44BN3. The Morgan fingerprint density at radius 2 is 1.38 bits per heavy atom. The molecule has 0 spiro atoms. The van der Waals surface area contributed by atoms with Crippen molar-refractivity contribution in [1.82, 2.24) is 4.57 Å². The zero-order valence-corrected chi connectivity index (χ0v) is 30.9. The normalized spacial score (nSPS) is 21.7. The number of para-hydroxylation sites is 4. The van der Waals surface area contributed by atoms with Crippen molar-refractivity contribution in [3.8, 4) is 16.8 Å². The standard InChI is InChI=1S/C48H44BN3/c1-29-22-24-30(25-23-29)50-38-20-8-6-14-31(38)33-28-40(52-39-21-9-7-16-34(39)47(4)26-10-11-27-48(47,52)5)41-32-15-12-17-35-43(32)51-44-36(46(35,2)3)18-13-19-37(44)49-42(33)45(41)51/h6-9,12-25,28,49-50H,10-11,26-27H2,1-5H3. The number of hydrogen-bond acceptors (Lipinski definition) is 2. The lowest BCUT2D eigenvalue weighted by atomic mass is 9.57. The molecule has 1 saturated carbocycles. The quantitative estimate of drug-likeness (QED) is 0.188. The summed E-state index contributed by atoms with van der Waals surface area (Å²) in [4.78, 5) is 2.82. The minimum Gasteiger partial charge on any atom is -0.355 e. The number of rotatable bonds is 4. The van der Waals surface area contributed by atoms with Gasteiger partial charge in [0.05, 0.1) is 22.3 Å². The molecule has 0 amide bonds. The molecule has 52 heavy (non-hydrogen) atoms. The average molecular weight is 674 g/mol. The van der Waals surface area contributed by atoms with E-state index >= 15 is 0 Å². The van der Waals surface area contributed by atoms with Crippen molar-refractivity contribution >= 4 is 62.8 Å². The summed E-state index contributed by atoms with van der Waals surface area (Å²) in [6.07, 6.45) is 4.92. The van der Waals surface area contributed by atoms with Gasteiger partial charge in [-0.3, -0.25) is 0 Å². The molecule has 7 aromatic rings. The molecule has 1 fully saturated rings. The first-order chi connectivity index (χ1) is 25.2. The van der Waals surface area contributed by atoms with Crippen LogP contribution < -0.4 is 21.1 Å². The van der Waals surface area contributed by atoms with Crippen LogP contribution in [-0.2, 0) is 10.8 Å². The van der Waals surface area contributed by atoms with Crippen LogP contribution in [-0.4, -0.2) is 17.4 Å². The van der Waals surface area contributed by atoms with Crippen LogP contribution in [0.3, 0.4) is 0 Å². The molecule has 3 nitrogen and oxygen atoms in total. The van der Waals surface area contributed by atoms with Gasteiger partial charge in [0, 0.05) is 49.9 Å². The van der Waals surface area contributed by atoms with Gasteiger partial charge in [-0.05, 0) is 84.7 Å². The highest BCUT2D eigenvalue weighted by atomic mass is 15.3. The molecule has 11 rings (SSSR count). The molecule has 0 bridgehead atoms. The number of benzene rings is 6. The summed E-state index contributed by atoms with van der Waals surface area (Å²) in [6, 6.07) is 43.9. The highest BCUT2D eigenvalue weighted by Gasteiger charge is 2.58. The number of nitrogens with one attached hydrogen (secondary N) is 1. The van der Waals surface area contributed by atoms with Crippen molar-refractivity contribution in [3.05, 3.63) is 138 Å². The zero-order valence-electron chi connectivity index (χ0n) is 30.9. The van der Waals surface area contributed by atoms with Crippen LogP contribution in [0.1, 0.15) is 75.6 Å². The number of nitrogens with zero attached hydrogens (tertiary/aromatic N) is 2. The number of aryl methyl sites for hydroxylation is 1. The van der Waals surface area contributed by atoms with Crippen molar-refractivity contribution < 1.29 is 0 Å². The van der Waals surface area contributed by atoms with Crippen LogP contribution in [0.25, 0.3) is 38.6 Å². The first-order valence-corrected chi connectivity index (χ1v) is 19.3. The SMILES string of the molecule is Cc1ccc(Nc2ccccc2-c2cc(N3c4ccccc4C4(C)CCCCC34C)c3c4cccc5c4n4c3c2Bc2cccc(c2-4)C5(C)C)cc1. The summed E-state index contributed by atoms with van der Waals surface area (Å²) in [5.41, 5.74) is 20.1. The maximum absolute atomic E-state index is 3.85. The molecule has 6 aromatic carbocycles. The van der Waals surface area contributed by atoms with Gasteiger partial charge in [-0.2, -0.15) is 0 Å². The van der Waals surface area contributed by atoms with E-state index in [9.17, 15) is 0 Å². The first-order valence-electron chi connectivity index (χ1n) is 19.3. The van der Waals surface area contributed by atoms with E-state index in [0.29, 0.717) is 0 Å². The minimum absolute atomic E-state index is 0.0566. The van der Waals surface area contributed by atoms with Gasteiger partial charge in [-0.25, -0.2) is 0 Å². The van der Waals surface area contributed by atoms with E-state index in [1.165, 1.54) is 109 Å². The molecule has 2 atom stereocenters. The van der Waals surface area contributed by atoms with Crippen LogP contribution in [0, 0.1) is 6.92 Å². The highest BCUT2D eigenvalue weighted by Crippen LogP contribution is 2.62. The fraction of sp³-hybridized carbons (Fsp3) is 0.250. The highest BCUT2D eigenvalue weighted by molar-refractivity contribution is 6.73. The third-order valence-corrected chi connectivity index (χ3v) is 14.0. The maximum atomic E-state index is 3.85. The summed E-state index contributed by atoms with van der Waals surface area (Å²) in [6.45, 7) is 12.1. The molecule has 0 saturated heterocycles. The summed E-state index contributed by atoms with van der Waals surface area (Å²) in [5.74, 6) is 0. The van der Waals surface area contributed by atoms with E-state index < -0.39 is 0 Å². The topological polar surface area (TPSA) is 20.2 Å². The Kier molecular flexibility index (Phi) is 5.98. The molecule has 254 valence electrons. The third kappa shape index (κ3) is 3.68. The predicted octanol–water partition coefficient (Wildman–Crippen LogP) is 10.6. The van der Waals surface area contributed by atoms with E-state index in [-0.39, 0.29) is 16.4 Å². The summed E-state index contributed by atoms with van der Waals surface area (Å²) in [5, 5.41) is 6.63. The lowest BCUT2D eigenvalue weighted by Gasteiger charge is -2.50. The second-order valence-corrected chi connectivity index (χ2v) is 17.0. The Morgan fingerprint density at radius 1 is 0.654 bits per heavy atom. The van der Waals surface area contributed by atoms with Crippen molar-refractivity contribution in [2.75, 3.05) is 10.2 Å². The number of aromatic nitrogens is 1. The molecule has 4 aliphatic rings. The number of fused-ring (bicyclic) bond motifs is 4. The van der Waals surface area contributed by atoms with E-state index in [2.05, 4.69) is 165 Å². The fourth-order valence-electron chi connectivity index (χ4n) is 11.2. The molecule has 1 N–H and O–H groups in total. The lowest BCUT2D eigenvalue weighted by molar-refractivity contribution is 0.195. The molecular weight excluding hydrogens is 629 g/mol. The van der Waals surface area contributed by atoms with Crippen LogP contribution in [0.4, 0.5) is 22.7 Å². The van der Waals surface area contributed by atoms with E-state index in [1.54, 1.807) is 0 Å². The van der Waals surface area contributed by atoms with Crippen LogP contribution >= 0.6 is 0 Å². The monoisotopic (exact) mass is 673 g/mol. The van der Waals surface area contributed by atoms with Crippen LogP contribution in [0.15, 0.2) is 115 Å². The summed E-state index contributed by atoms with van der Waals surface area (Å²) < 4.78 is 2.70. The molecule has 0 radical (unpaired) electrons. The Morgan fingerprint density at radius 3 is 2.25 bits per heavy atom. The smallest absolute Gasteiger partial charge is 0.198 e. The molecule has 4 heteroatoms. The molecule has 2 unspecified atom stereocenters. The second-order valence-electron chi connectivity index (χ2n) is 17.0. The van der Waals surface area contributed by atoms with E-state index in [0.717, 1.165) is 18.7 Å². The summed E-state index contributed by atoms with van der Waals surface area (Å²) >= 11 is 0. The zero-order chi connectivity index (χ0) is 35.1. The van der Waals surface area contributed by atoms with Gasteiger partial charge in [-0.1, -0.05) is 130 Å². The Labute approximate surface area is 307 Å². The Bertz CT molecular complexity index is 2660. The maximum Gasteiger partial charge on any atom is 0.198 e. The van der Waals surface area contributed by atoms with Gasteiger partial charge < -0.3 is 14.8 Å². The molecule has 4 heterocycles. The predicted molar refractivity (Wildman–Crippen MR) is 222 cm³/mol. The average Bonchev–Trinajstić information content (AvgIpc) is 3.61. The van der Waals surface area contributed by atoms with Gasteiger partial charge >= 0.3 is 0 Å². The van der Waals surface area contributed by atoms with Crippen LogP contribution in [0.2, 0.25) is 0 Å². The third-order valence-electron chi connectivity index (χ3n) is 14.0. The second kappa shape index (κ2) is 10.2. The molecule has 1 aliphatic carbocycles. The van der Waals surface area contributed by atoms with Gasteiger partial charge in [0.2, 0.25) is 0 Å². The minimum atomic E-state index is -0.103. The van der Waals surface area contributed by atoms with Gasteiger partial charge in [0.25, 0.3) is 0 Å². The van der Waals surface area contributed by atoms with Crippen molar-refractivity contribution in [2.45, 2.75) is 76.7 Å². The number of anilines is 4. The first kappa shape index (κ1) is 30.4. The van der Waals surface area contributed by atoms with E-state index in [1.807, 2.05) is 0 Å².